The Bertz CT molecular complexity index is 419. The van der Waals surface area contributed by atoms with Crippen LogP contribution in [0.3, 0.4) is 0 Å². The molecule has 0 amide bonds. The second-order valence-electron chi connectivity index (χ2n) is 5.06. The summed E-state index contributed by atoms with van der Waals surface area (Å²) in [5.41, 5.74) is 7.92. The molecule has 100 valence electrons. The van der Waals surface area contributed by atoms with Gasteiger partial charge in [-0.1, -0.05) is 12.5 Å². The fourth-order valence-electron chi connectivity index (χ4n) is 2.14. The van der Waals surface area contributed by atoms with E-state index in [-0.39, 0.29) is 6.61 Å². The van der Waals surface area contributed by atoms with Crippen LogP contribution in [0.25, 0.3) is 0 Å². The monoisotopic (exact) mass is 313 g/mol. The van der Waals surface area contributed by atoms with Crippen LogP contribution in [-0.2, 0) is 0 Å². The maximum atomic E-state index is 9.23. The molecule has 1 aromatic carbocycles. The number of ether oxygens (including phenoxy) is 1. The van der Waals surface area contributed by atoms with E-state index >= 15 is 0 Å². The summed E-state index contributed by atoms with van der Waals surface area (Å²) in [6.45, 7) is 2.68. The van der Waals surface area contributed by atoms with Crippen molar-refractivity contribution in [1.82, 2.24) is 0 Å². The van der Waals surface area contributed by atoms with E-state index in [0.717, 1.165) is 28.0 Å². The Kier molecular flexibility index (Phi) is 4.65. The van der Waals surface area contributed by atoms with E-state index in [2.05, 4.69) is 15.9 Å². The van der Waals surface area contributed by atoms with Crippen molar-refractivity contribution in [3.63, 3.8) is 0 Å². The lowest BCUT2D eigenvalue weighted by atomic mass is 9.86. The molecule has 1 fully saturated rings. The minimum Gasteiger partial charge on any atom is -0.492 e. The number of aliphatic hydroxyl groups is 1. The summed E-state index contributed by atoms with van der Waals surface area (Å²) < 4.78 is 6.83. The van der Waals surface area contributed by atoms with Gasteiger partial charge in [0.1, 0.15) is 5.75 Å². The number of halogens is 1. The standard InChI is InChI=1S/C14H20BrNO2/c1-9-5-11(13(16)7-17)14(12(15)6-9)18-8-10-3-2-4-10/h5-6,10,13,17H,2-4,7-8,16H2,1H3. The Morgan fingerprint density at radius 3 is 2.78 bits per heavy atom. The number of nitrogens with two attached hydrogens (primary N) is 1. The molecule has 0 bridgehead atoms. The normalized spacial score (nSPS) is 17.3. The zero-order valence-electron chi connectivity index (χ0n) is 10.7. The van der Waals surface area contributed by atoms with E-state index in [9.17, 15) is 5.11 Å². The Morgan fingerprint density at radius 1 is 1.50 bits per heavy atom. The molecule has 0 aromatic heterocycles. The van der Waals surface area contributed by atoms with Crippen molar-refractivity contribution >= 4 is 15.9 Å². The maximum Gasteiger partial charge on any atom is 0.138 e. The summed E-state index contributed by atoms with van der Waals surface area (Å²) >= 11 is 3.52. The van der Waals surface area contributed by atoms with Gasteiger partial charge in [0.2, 0.25) is 0 Å². The van der Waals surface area contributed by atoms with Gasteiger partial charge in [-0.3, -0.25) is 0 Å². The molecule has 3 N–H and O–H groups in total. The lowest BCUT2D eigenvalue weighted by molar-refractivity contribution is 0.176. The van der Waals surface area contributed by atoms with Crippen molar-refractivity contribution < 1.29 is 9.84 Å². The summed E-state index contributed by atoms with van der Waals surface area (Å²) in [7, 11) is 0. The molecule has 1 aliphatic carbocycles. The highest BCUT2D eigenvalue weighted by atomic mass is 79.9. The van der Waals surface area contributed by atoms with Gasteiger partial charge in [-0.2, -0.15) is 0 Å². The SMILES string of the molecule is Cc1cc(Br)c(OCC2CCC2)c(C(N)CO)c1. The average Bonchev–Trinajstić information content (AvgIpc) is 2.28. The highest BCUT2D eigenvalue weighted by Gasteiger charge is 2.21. The molecule has 2 rings (SSSR count). The molecule has 0 heterocycles. The topological polar surface area (TPSA) is 55.5 Å². The van der Waals surface area contributed by atoms with Gasteiger partial charge in [0.05, 0.1) is 23.7 Å². The number of rotatable bonds is 5. The van der Waals surface area contributed by atoms with Crippen molar-refractivity contribution in [2.24, 2.45) is 11.7 Å². The highest BCUT2D eigenvalue weighted by Crippen LogP contribution is 2.35. The molecular formula is C14H20BrNO2. The van der Waals surface area contributed by atoms with Crippen LogP contribution in [0.15, 0.2) is 16.6 Å². The number of hydrogen-bond donors (Lipinski definition) is 2. The van der Waals surface area contributed by atoms with E-state index < -0.39 is 6.04 Å². The predicted molar refractivity (Wildman–Crippen MR) is 75.7 cm³/mol. The number of benzene rings is 1. The number of aliphatic hydroxyl groups excluding tert-OH is 1. The molecule has 1 unspecified atom stereocenters. The van der Waals surface area contributed by atoms with E-state index in [1.54, 1.807) is 0 Å². The first kappa shape index (κ1) is 13.8. The first-order chi connectivity index (χ1) is 8.61. The fourth-order valence-corrected chi connectivity index (χ4v) is 2.85. The lowest BCUT2D eigenvalue weighted by Gasteiger charge is -2.26. The molecule has 0 aliphatic heterocycles. The largest absolute Gasteiger partial charge is 0.492 e. The second-order valence-corrected chi connectivity index (χ2v) is 5.92. The van der Waals surface area contributed by atoms with Crippen LogP contribution >= 0.6 is 15.9 Å². The van der Waals surface area contributed by atoms with Crippen molar-refractivity contribution in [3.8, 4) is 5.75 Å². The van der Waals surface area contributed by atoms with Crippen molar-refractivity contribution in [2.45, 2.75) is 32.2 Å². The highest BCUT2D eigenvalue weighted by molar-refractivity contribution is 9.10. The van der Waals surface area contributed by atoms with Gasteiger partial charge in [-0.15, -0.1) is 0 Å². The van der Waals surface area contributed by atoms with Gasteiger partial charge in [0, 0.05) is 5.56 Å². The molecular weight excluding hydrogens is 294 g/mol. The van der Waals surface area contributed by atoms with Gasteiger partial charge in [0.25, 0.3) is 0 Å². The molecule has 18 heavy (non-hydrogen) atoms. The number of hydrogen-bond acceptors (Lipinski definition) is 3. The van der Waals surface area contributed by atoms with Crippen molar-refractivity contribution in [3.05, 3.63) is 27.7 Å². The Balaban J connectivity index is 2.19. The molecule has 0 radical (unpaired) electrons. The lowest BCUT2D eigenvalue weighted by Crippen LogP contribution is -2.21. The Labute approximate surface area is 116 Å². The molecule has 1 saturated carbocycles. The molecule has 0 saturated heterocycles. The van der Waals surface area contributed by atoms with Crippen LogP contribution in [0.5, 0.6) is 5.75 Å². The van der Waals surface area contributed by atoms with Gasteiger partial charge < -0.3 is 15.6 Å². The third-order valence-corrected chi connectivity index (χ3v) is 4.09. The molecule has 3 nitrogen and oxygen atoms in total. The third kappa shape index (κ3) is 3.05. The van der Waals surface area contributed by atoms with E-state index in [1.165, 1.54) is 19.3 Å². The van der Waals surface area contributed by atoms with Gasteiger partial charge in [-0.05, 0) is 53.2 Å². The smallest absolute Gasteiger partial charge is 0.138 e. The molecule has 1 aromatic rings. The maximum absolute atomic E-state index is 9.23. The Hall–Kier alpha value is -0.580. The van der Waals surface area contributed by atoms with E-state index in [1.807, 2.05) is 19.1 Å². The minimum atomic E-state index is -0.391. The van der Waals surface area contributed by atoms with Crippen LogP contribution < -0.4 is 10.5 Å². The average molecular weight is 314 g/mol. The quantitative estimate of drug-likeness (QED) is 0.878. The van der Waals surface area contributed by atoms with Crippen LogP contribution in [0.4, 0.5) is 0 Å². The van der Waals surface area contributed by atoms with Crippen molar-refractivity contribution in [2.75, 3.05) is 13.2 Å². The number of aryl methyl sites for hydroxylation is 1. The zero-order valence-corrected chi connectivity index (χ0v) is 12.2. The minimum absolute atomic E-state index is 0.0737. The van der Waals surface area contributed by atoms with Crippen LogP contribution in [0.2, 0.25) is 0 Å². The Morgan fingerprint density at radius 2 is 2.22 bits per heavy atom. The first-order valence-electron chi connectivity index (χ1n) is 6.41. The second kappa shape index (κ2) is 6.04. The van der Waals surface area contributed by atoms with Crippen LogP contribution in [-0.4, -0.2) is 18.3 Å². The van der Waals surface area contributed by atoms with Gasteiger partial charge in [0.15, 0.2) is 0 Å². The summed E-state index contributed by atoms with van der Waals surface area (Å²) in [6.07, 6.45) is 3.82. The summed E-state index contributed by atoms with van der Waals surface area (Å²) in [5.74, 6) is 1.46. The summed E-state index contributed by atoms with van der Waals surface area (Å²) in [5, 5.41) is 9.23. The summed E-state index contributed by atoms with van der Waals surface area (Å²) in [6, 6.07) is 3.61. The van der Waals surface area contributed by atoms with Gasteiger partial charge >= 0.3 is 0 Å². The van der Waals surface area contributed by atoms with Gasteiger partial charge in [-0.25, -0.2) is 0 Å². The van der Waals surface area contributed by atoms with Crippen molar-refractivity contribution in [1.29, 1.82) is 0 Å². The van der Waals surface area contributed by atoms with E-state index in [4.69, 9.17) is 10.5 Å². The first-order valence-corrected chi connectivity index (χ1v) is 7.20. The zero-order chi connectivity index (χ0) is 13.1. The fraction of sp³-hybridized carbons (Fsp3) is 0.571. The molecule has 0 spiro atoms. The van der Waals surface area contributed by atoms with Crippen LogP contribution in [0.1, 0.15) is 36.4 Å². The third-order valence-electron chi connectivity index (χ3n) is 3.50. The molecule has 1 atom stereocenters. The molecule has 4 heteroatoms. The predicted octanol–water partition coefficient (Wildman–Crippen LogP) is 2.93. The van der Waals surface area contributed by atoms with Crippen LogP contribution in [0, 0.1) is 12.8 Å². The molecule has 1 aliphatic rings. The van der Waals surface area contributed by atoms with E-state index in [0.29, 0.717) is 5.92 Å². The summed E-state index contributed by atoms with van der Waals surface area (Å²) in [4.78, 5) is 0.